The van der Waals surface area contributed by atoms with Crippen molar-refractivity contribution >= 4 is 23.1 Å². The fourth-order valence-electron chi connectivity index (χ4n) is 1.65. The maximum absolute atomic E-state index is 11.9. The zero-order valence-corrected chi connectivity index (χ0v) is 12.5. The summed E-state index contributed by atoms with van der Waals surface area (Å²) in [6.45, 7) is 3.41. The molecule has 0 fully saturated rings. The molecule has 0 aliphatic carbocycles. The molecule has 0 aromatic carbocycles. The van der Waals surface area contributed by atoms with Gasteiger partial charge in [-0.1, -0.05) is 12.2 Å². The summed E-state index contributed by atoms with van der Waals surface area (Å²) in [7, 11) is 3.64. The summed E-state index contributed by atoms with van der Waals surface area (Å²) in [5.41, 5.74) is 5.42. The van der Waals surface area contributed by atoms with Crippen molar-refractivity contribution in [2.45, 2.75) is 19.9 Å². The predicted molar refractivity (Wildman–Crippen MR) is 78.8 cm³/mol. The highest BCUT2D eigenvalue weighted by atomic mass is 32.1. The molecule has 1 aromatic rings. The molecule has 0 saturated heterocycles. The number of nitrogens with zero attached hydrogens (tertiary/aromatic N) is 2. The third kappa shape index (κ3) is 5.85. The zero-order chi connectivity index (χ0) is 14.4. The van der Waals surface area contributed by atoms with E-state index in [0.717, 1.165) is 11.5 Å². The van der Waals surface area contributed by atoms with Crippen LogP contribution >= 0.6 is 12.2 Å². The van der Waals surface area contributed by atoms with Crippen LogP contribution in [0.2, 0.25) is 0 Å². The first kappa shape index (κ1) is 15.7. The monoisotopic (exact) mass is 283 g/mol. The molecule has 106 valence electrons. The van der Waals surface area contributed by atoms with Crippen molar-refractivity contribution in [2.24, 2.45) is 5.73 Å². The van der Waals surface area contributed by atoms with Crippen LogP contribution in [0.5, 0.6) is 0 Å². The summed E-state index contributed by atoms with van der Waals surface area (Å²) >= 11 is 4.79. The van der Waals surface area contributed by atoms with Gasteiger partial charge in [-0.15, -0.1) is 0 Å². The number of nitrogens with two attached hydrogens (primary N) is 1. The largest absolute Gasteiger partial charge is 0.465 e. The van der Waals surface area contributed by atoms with E-state index in [1.165, 1.54) is 0 Å². The molecule has 0 aliphatic rings. The van der Waals surface area contributed by atoms with E-state index in [9.17, 15) is 4.79 Å². The molecule has 1 heterocycles. The second kappa shape index (κ2) is 7.25. The van der Waals surface area contributed by atoms with Crippen molar-refractivity contribution in [3.63, 3.8) is 0 Å². The summed E-state index contributed by atoms with van der Waals surface area (Å²) in [4.78, 5) is 15.9. The lowest BCUT2D eigenvalue weighted by atomic mass is 10.3. The number of hydrogen-bond donors (Lipinski definition) is 1. The van der Waals surface area contributed by atoms with Crippen molar-refractivity contribution in [1.29, 1.82) is 0 Å². The molecule has 1 rings (SSSR count). The topological polar surface area (TPSA) is 62.7 Å². The minimum absolute atomic E-state index is 0.0435. The molecule has 2 N–H and O–H groups in total. The third-order valence-corrected chi connectivity index (χ3v) is 2.95. The number of amides is 1. The Kier molecular flexibility index (Phi) is 5.98. The molecule has 0 unspecified atom stereocenters. The summed E-state index contributed by atoms with van der Waals surface area (Å²) in [6, 6.07) is 3.84. The minimum atomic E-state index is 0.0435. The highest BCUT2D eigenvalue weighted by molar-refractivity contribution is 7.80. The van der Waals surface area contributed by atoms with Crippen molar-refractivity contribution in [2.75, 3.05) is 27.2 Å². The van der Waals surface area contributed by atoms with Gasteiger partial charge >= 0.3 is 0 Å². The molecule has 0 spiro atoms. The van der Waals surface area contributed by atoms with E-state index >= 15 is 0 Å². The van der Waals surface area contributed by atoms with Gasteiger partial charge < -0.3 is 15.1 Å². The summed E-state index contributed by atoms with van der Waals surface area (Å²) in [5.74, 6) is 1.78. The number of carbonyl (C=O) groups is 1. The van der Waals surface area contributed by atoms with Crippen LogP contribution in [0.25, 0.3) is 0 Å². The molecule has 5 nitrogen and oxygen atoms in total. The molecule has 6 heteroatoms. The maximum Gasteiger partial charge on any atom is 0.236 e. The number of furan rings is 1. The summed E-state index contributed by atoms with van der Waals surface area (Å²) in [5, 5.41) is 0. The van der Waals surface area contributed by atoms with Gasteiger partial charge in [0.15, 0.2) is 0 Å². The highest BCUT2D eigenvalue weighted by Gasteiger charge is 2.13. The second-order valence-corrected chi connectivity index (χ2v) is 5.24. The highest BCUT2D eigenvalue weighted by Crippen LogP contribution is 2.08. The lowest BCUT2D eigenvalue weighted by Crippen LogP contribution is -2.37. The molecule has 0 bridgehead atoms. The van der Waals surface area contributed by atoms with Gasteiger partial charge in [0.1, 0.15) is 11.5 Å². The number of rotatable bonds is 7. The van der Waals surface area contributed by atoms with E-state index in [-0.39, 0.29) is 5.91 Å². The van der Waals surface area contributed by atoms with Crippen LogP contribution in [0.15, 0.2) is 16.5 Å². The number of thiocarbonyl (C=S) groups is 1. The molecule has 0 saturated carbocycles. The van der Waals surface area contributed by atoms with Gasteiger partial charge in [-0.05, 0) is 26.1 Å². The fraction of sp³-hybridized carbons (Fsp3) is 0.538. The van der Waals surface area contributed by atoms with E-state index in [2.05, 4.69) is 0 Å². The lowest BCUT2D eigenvalue weighted by molar-refractivity contribution is -0.130. The Bertz CT molecular complexity index is 445. The van der Waals surface area contributed by atoms with Gasteiger partial charge in [-0.3, -0.25) is 9.69 Å². The standard InChI is InChI=1S/C13H21N3O2S/c1-10-4-5-11(18-10)8-15(2)9-13(17)16(3)7-6-12(14)19/h4-5H,6-9H2,1-3H3,(H2,14,19). The predicted octanol–water partition coefficient (Wildman–Crippen LogP) is 1.15. The SMILES string of the molecule is Cc1ccc(CN(C)CC(=O)N(C)CCC(N)=S)o1. The van der Waals surface area contributed by atoms with Gasteiger partial charge in [-0.2, -0.15) is 0 Å². The Morgan fingerprint density at radius 2 is 2.11 bits per heavy atom. The number of aryl methyl sites for hydroxylation is 1. The molecule has 0 aliphatic heterocycles. The Balaban J connectivity index is 2.36. The van der Waals surface area contributed by atoms with Gasteiger partial charge in [0.25, 0.3) is 0 Å². The van der Waals surface area contributed by atoms with E-state index < -0.39 is 0 Å². The van der Waals surface area contributed by atoms with E-state index in [4.69, 9.17) is 22.4 Å². The molecular weight excluding hydrogens is 262 g/mol. The lowest BCUT2D eigenvalue weighted by Gasteiger charge is -2.21. The quantitative estimate of drug-likeness (QED) is 0.761. The first-order chi connectivity index (χ1) is 8.88. The molecule has 0 atom stereocenters. The van der Waals surface area contributed by atoms with Crippen LogP contribution in [-0.4, -0.2) is 47.9 Å². The van der Waals surface area contributed by atoms with Crippen molar-refractivity contribution in [3.8, 4) is 0 Å². The Morgan fingerprint density at radius 1 is 1.42 bits per heavy atom. The van der Waals surface area contributed by atoms with Crippen LogP contribution in [0, 0.1) is 6.92 Å². The van der Waals surface area contributed by atoms with Crippen molar-refractivity contribution in [3.05, 3.63) is 23.7 Å². The molecule has 1 aromatic heterocycles. The van der Waals surface area contributed by atoms with Gasteiger partial charge in [-0.25, -0.2) is 0 Å². The van der Waals surface area contributed by atoms with Crippen LogP contribution in [0.1, 0.15) is 17.9 Å². The average molecular weight is 283 g/mol. The third-order valence-electron chi connectivity index (χ3n) is 2.75. The van der Waals surface area contributed by atoms with Gasteiger partial charge in [0, 0.05) is 20.0 Å². The molecule has 1 amide bonds. The zero-order valence-electron chi connectivity index (χ0n) is 11.7. The number of hydrogen-bond acceptors (Lipinski definition) is 4. The first-order valence-electron chi connectivity index (χ1n) is 6.14. The van der Waals surface area contributed by atoms with E-state index in [1.807, 2.05) is 31.0 Å². The molecule has 19 heavy (non-hydrogen) atoms. The first-order valence-corrected chi connectivity index (χ1v) is 6.55. The van der Waals surface area contributed by atoms with E-state index in [1.54, 1.807) is 11.9 Å². The maximum atomic E-state index is 11.9. The second-order valence-electron chi connectivity index (χ2n) is 4.72. The number of carbonyl (C=O) groups excluding carboxylic acids is 1. The van der Waals surface area contributed by atoms with Gasteiger partial charge in [0.05, 0.1) is 18.1 Å². The Morgan fingerprint density at radius 3 is 2.63 bits per heavy atom. The van der Waals surface area contributed by atoms with Crippen molar-refractivity contribution < 1.29 is 9.21 Å². The normalized spacial score (nSPS) is 10.7. The smallest absolute Gasteiger partial charge is 0.236 e. The average Bonchev–Trinajstić information content (AvgIpc) is 2.71. The Labute approximate surface area is 119 Å². The van der Waals surface area contributed by atoms with Gasteiger partial charge in [0.2, 0.25) is 5.91 Å². The fourth-order valence-corrected chi connectivity index (χ4v) is 1.74. The van der Waals surface area contributed by atoms with Crippen LogP contribution in [0.4, 0.5) is 0 Å². The van der Waals surface area contributed by atoms with Crippen LogP contribution in [-0.2, 0) is 11.3 Å². The van der Waals surface area contributed by atoms with E-state index in [0.29, 0.717) is 31.0 Å². The Hall–Kier alpha value is -1.40. The van der Waals surface area contributed by atoms with Crippen molar-refractivity contribution in [1.82, 2.24) is 9.80 Å². The molecular formula is C13H21N3O2S. The summed E-state index contributed by atoms with van der Waals surface area (Å²) in [6.07, 6.45) is 0.554. The number of likely N-dealkylation sites (N-methyl/N-ethyl adjacent to an activating group) is 2. The molecule has 0 radical (unpaired) electrons. The van der Waals surface area contributed by atoms with Crippen LogP contribution in [0.3, 0.4) is 0 Å². The summed E-state index contributed by atoms with van der Waals surface area (Å²) < 4.78 is 5.47. The minimum Gasteiger partial charge on any atom is -0.465 e. The van der Waals surface area contributed by atoms with Crippen LogP contribution < -0.4 is 5.73 Å².